The predicted octanol–water partition coefficient (Wildman–Crippen LogP) is 4.92. The molecule has 0 unspecified atom stereocenters. The molecule has 23 heavy (non-hydrogen) atoms. The SMILES string of the molecule is CC(C)(C)OC(=O)N1CCC2(CC=C(O[Si](C)(C)C)CC2)CC1. The van der Waals surface area contributed by atoms with Crippen LogP contribution in [0.3, 0.4) is 0 Å². The fourth-order valence-electron chi connectivity index (χ4n) is 3.35. The number of ether oxygens (including phenoxy) is 1. The first-order valence-electron chi connectivity index (χ1n) is 8.84. The number of hydrogen-bond donors (Lipinski definition) is 0. The van der Waals surface area contributed by atoms with Crippen LogP contribution < -0.4 is 0 Å². The summed E-state index contributed by atoms with van der Waals surface area (Å²) in [7, 11) is -1.49. The van der Waals surface area contributed by atoms with Crippen LogP contribution in [0.4, 0.5) is 4.79 Å². The molecule has 1 saturated heterocycles. The van der Waals surface area contributed by atoms with Gasteiger partial charge in [-0.15, -0.1) is 0 Å². The van der Waals surface area contributed by atoms with E-state index in [0.717, 1.165) is 38.8 Å². The average molecular weight is 340 g/mol. The van der Waals surface area contributed by atoms with Gasteiger partial charge in [0.1, 0.15) is 5.60 Å². The number of carbonyl (C=O) groups excluding carboxylic acids is 1. The van der Waals surface area contributed by atoms with E-state index in [1.165, 1.54) is 12.2 Å². The van der Waals surface area contributed by atoms with Crippen molar-refractivity contribution in [2.75, 3.05) is 13.1 Å². The Bertz CT molecular complexity index is 466. The van der Waals surface area contributed by atoms with E-state index in [1.807, 2.05) is 25.7 Å². The Labute approximate surface area is 142 Å². The lowest BCUT2D eigenvalue weighted by Gasteiger charge is -2.44. The minimum Gasteiger partial charge on any atom is -0.548 e. The number of rotatable bonds is 2. The molecule has 1 aliphatic carbocycles. The number of carbonyl (C=O) groups is 1. The van der Waals surface area contributed by atoms with Gasteiger partial charge in [-0.1, -0.05) is 0 Å². The first-order valence-corrected chi connectivity index (χ1v) is 12.2. The molecule has 0 saturated carbocycles. The molecule has 0 aromatic rings. The fraction of sp³-hybridized carbons (Fsp3) is 0.833. The highest BCUT2D eigenvalue weighted by atomic mass is 28.4. The third kappa shape index (κ3) is 5.55. The molecule has 2 rings (SSSR count). The van der Waals surface area contributed by atoms with Gasteiger partial charge in [-0.25, -0.2) is 4.79 Å². The molecule has 0 bridgehead atoms. The first-order chi connectivity index (χ1) is 10.5. The van der Waals surface area contributed by atoms with E-state index in [4.69, 9.17) is 9.16 Å². The van der Waals surface area contributed by atoms with E-state index in [1.54, 1.807) is 0 Å². The summed E-state index contributed by atoms with van der Waals surface area (Å²) in [5.74, 6) is 1.20. The van der Waals surface area contributed by atoms with E-state index >= 15 is 0 Å². The maximum atomic E-state index is 12.2. The summed E-state index contributed by atoms with van der Waals surface area (Å²) in [6.45, 7) is 14.1. The van der Waals surface area contributed by atoms with Gasteiger partial charge in [-0.05, 0) is 77.6 Å². The Kier molecular flexibility index (Phi) is 5.19. The van der Waals surface area contributed by atoms with Crippen LogP contribution in [0.25, 0.3) is 0 Å². The number of likely N-dealkylation sites (tertiary alicyclic amines) is 1. The van der Waals surface area contributed by atoms with Crippen LogP contribution in [0.15, 0.2) is 11.8 Å². The number of nitrogens with zero attached hydrogens (tertiary/aromatic N) is 1. The Morgan fingerprint density at radius 2 is 1.78 bits per heavy atom. The van der Waals surface area contributed by atoms with E-state index in [2.05, 4.69) is 25.7 Å². The molecule has 1 amide bonds. The number of piperidine rings is 1. The Hall–Kier alpha value is -0.973. The fourth-order valence-corrected chi connectivity index (χ4v) is 4.33. The van der Waals surface area contributed by atoms with Gasteiger partial charge in [0, 0.05) is 19.5 Å². The summed E-state index contributed by atoms with van der Waals surface area (Å²) >= 11 is 0. The molecule has 0 aromatic heterocycles. The molecule has 0 radical (unpaired) electrons. The topological polar surface area (TPSA) is 38.8 Å². The van der Waals surface area contributed by atoms with Crippen LogP contribution in [-0.2, 0) is 9.16 Å². The lowest BCUT2D eigenvalue weighted by molar-refractivity contribution is 0.00799. The van der Waals surface area contributed by atoms with Crippen LogP contribution in [-0.4, -0.2) is 38.0 Å². The molecular formula is C18H33NO3Si. The standard InChI is InChI=1S/C18H33NO3Si/c1-17(2,3)21-16(20)19-13-11-18(12-14-19)9-7-15(8-10-18)22-23(4,5)6/h7H,8-14H2,1-6H3. The maximum Gasteiger partial charge on any atom is 0.410 e. The molecule has 132 valence electrons. The average Bonchev–Trinajstić information content (AvgIpc) is 2.39. The summed E-state index contributed by atoms with van der Waals surface area (Å²) in [6, 6.07) is 0. The van der Waals surface area contributed by atoms with Crippen molar-refractivity contribution in [3.05, 3.63) is 11.8 Å². The van der Waals surface area contributed by atoms with Crippen molar-refractivity contribution in [2.45, 2.75) is 78.1 Å². The van der Waals surface area contributed by atoms with Gasteiger partial charge in [0.15, 0.2) is 0 Å². The van der Waals surface area contributed by atoms with Crippen molar-refractivity contribution in [1.82, 2.24) is 4.90 Å². The highest BCUT2D eigenvalue weighted by Crippen LogP contribution is 2.44. The lowest BCUT2D eigenvalue weighted by Crippen LogP contribution is -2.45. The first kappa shape index (κ1) is 18.4. The number of amides is 1. The molecule has 0 atom stereocenters. The zero-order valence-electron chi connectivity index (χ0n) is 15.7. The Balaban J connectivity index is 1.86. The van der Waals surface area contributed by atoms with Crippen molar-refractivity contribution in [3.8, 4) is 0 Å². The third-order valence-corrected chi connectivity index (χ3v) is 5.45. The van der Waals surface area contributed by atoms with Crippen LogP contribution in [0.2, 0.25) is 19.6 Å². The second kappa shape index (κ2) is 6.50. The maximum absolute atomic E-state index is 12.2. The molecule has 0 aromatic carbocycles. The highest BCUT2D eigenvalue weighted by Gasteiger charge is 2.38. The van der Waals surface area contributed by atoms with E-state index in [0.29, 0.717) is 5.41 Å². The number of hydrogen-bond acceptors (Lipinski definition) is 3. The van der Waals surface area contributed by atoms with Crippen molar-refractivity contribution in [2.24, 2.45) is 5.41 Å². The van der Waals surface area contributed by atoms with Gasteiger partial charge < -0.3 is 14.1 Å². The summed E-state index contributed by atoms with van der Waals surface area (Å²) in [4.78, 5) is 14.0. The molecule has 1 fully saturated rings. The minimum atomic E-state index is -1.49. The van der Waals surface area contributed by atoms with E-state index < -0.39 is 13.9 Å². The van der Waals surface area contributed by atoms with Crippen LogP contribution in [0, 0.1) is 5.41 Å². The smallest absolute Gasteiger partial charge is 0.410 e. The molecule has 4 nitrogen and oxygen atoms in total. The Morgan fingerprint density at radius 3 is 2.22 bits per heavy atom. The van der Waals surface area contributed by atoms with Crippen molar-refractivity contribution in [1.29, 1.82) is 0 Å². The summed E-state index contributed by atoms with van der Waals surface area (Å²) in [5, 5.41) is 0. The summed E-state index contributed by atoms with van der Waals surface area (Å²) in [5.41, 5.74) is -0.0479. The van der Waals surface area contributed by atoms with Gasteiger partial charge in [-0.2, -0.15) is 0 Å². The zero-order valence-corrected chi connectivity index (χ0v) is 16.7. The molecule has 0 N–H and O–H groups in total. The lowest BCUT2D eigenvalue weighted by atomic mass is 9.70. The van der Waals surface area contributed by atoms with Crippen LogP contribution in [0.5, 0.6) is 0 Å². The quantitative estimate of drug-likeness (QED) is 0.670. The van der Waals surface area contributed by atoms with Gasteiger partial charge >= 0.3 is 6.09 Å². The third-order valence-electron chi connectivity index (χ3n) is 4.58. The van der Waals surface area contributed by atoms with Crippen molar-refractivity contribution in [3.63, 3.8) is 0 Å². The van der Waals surface area contributed by atoms with Gasteiger partial charge in [0.25, 0.3) is 0 Å². The predicted molar refractivity (Wildman–Crippen MR) is 95.8 cm³/mol. The summed E-state index contributed by atoms with van der Waals surface area (Å²) < 4.78 is 11.6. The molecular weight excluding hydrogens is 306 g/mol. The van der Waals surface area contributed by atoms with E-state index in [-0.39, 0.29) is 6.09 Å². The Morgan fingerprint density at radius 1 is 1.17 bits per heavy atom. The van der Waals surface area contributed by atoms with Gasteiger partial charge in [-0.3, -0.25) is 0 Å². The second-order valence-corrected chi connectivity index (χ2v) is 13.5. The van der Waals surface area contributed by atoms with E-state index in [9.17, 15) is 4.79 Å². The normalized spacial score (nSPS) is 21.8. The molecule has 5 heteroatoms. The van der Waals surface area contributed by atoms with Crippen LogP contribution in [0.1, 0.15) is 52.9 Å². The van der Waals surface area contributed by atoms with Crippen molar-refractivity contribution >= 4 is 14.4 Å². The molecule has 1 aliphatic heterocycles. The van der Waals surface area contributed by atoms with Gasteiger partial charge in [0.05, 0.1) is 5.76 Å². The minimum absolute atomic E-state index is 0.165. The molecule has 1 heterocycles. The van der Waals surface area contributed by atoms with Gasteiger partial charge in [0.2, 0.25) is 8.32 Å². The van der Waals surface area contributed by atoms with Crippen LogP contribution >= 0.6 is 0 Å². The number of allylic oxidation sites excluding steroid dienone is 2. The molecule has 2 aliphatic rings. The largest absolute Gasteiger partial charge is 0.548 e. The molecule has 1 spiro atoms. The van der Waals surface area contributed by atoms with Crippen molar-refractivity contribution < 1.29 is 14.0 Å². The summed E-state index contributed by atoms with van der Waals surface area (Å²) in [6.07, 6.45) is 7.62. The monoisotopic (exact) mass is 339 g/mol. The zero-order chi connectivity index (χ0) is 17.3. The second-order valence-electron chi connectivity index (χ2n) is 9.06. The highest BCUT2D eigenvalue weighted by molar-refractivity contribution is 6.70.